The summed E-state index contributed by atoms with van der Waals surface area (Å²) in [6.07, 6.45) is 1.41. The number of aromatic nitrogens is 2. The van der Waals surface area contributed by atoms with Gasteiger partial charge in [0.2, 0.25) is 0 Å². The van der Waals surface area contributed by atoms with E-state index in [1.165, 1.54) is 6.33 Å². The first-order valence-corrected chi connectivity index (χ1v) is 6.57. The van der Waals surface area contributed by atoms with Crippen LogP contribution >= 0.6 is 0 Å². The van der Waals surface area contributed by atoms with Crippen LogP contribution in [-0.2, 0) is 0 Å². The van der Waals surface area contributed by atoms with E-state index in [1.54, 1.807) is 12.1 Å². The summed E-state index contributed by atoms with van der Waals surface area (Å²) in [5.74, 6) is 0.707. The van der Waals surface area contributed by atoms with Gasteiger partial charge in [-0.1, -0.05) is 13.8 Å². The third-order valence-electron chi connectivity index (χ3n) is 3.18. The Bertz CT molecular complexity index is 591. The number of nitrogens with one attached hydrogen (secondary N) is 1. The van der Waals surface area contributed by atoms with Gasteiger partial charge in [0.15, 0.2) is 0 Å². The maximum atomic E-state index is 11.6. The minimum Gasteiger partial charge on any atom is -0.492 e. The van der Waals surface area contributed by atoms with E-state index < -0.39 is 0 Å². The maximum Gasteiger partial charge on any atom is 0.258 e. The minimum absolute atomic E-state index is 0.140. The average Bonchev–Trinajstić information content (AvgIpc) is 2.44. The third kappa shape index (κ3) is 3.32. The first-order valence-electron chi connectivity index (χ1n) is 6.57. The molecule has 1 heterocycles. The lowest BCUT2D eigenvalue weighted by Gasteiger charge is -2.18. The van der Waals surface area contributed by atoms with Crippen molar-refractivity contribution in [3.05, 3.63) is 34.9 Å². The summed E-state index contributed by atoms with van der Waals surface area (Å²) in [6, 6.07) is 5.39. The number of nitrogens with zero attached hydrogens (tertiary/aromatic N) is 2. The summed E-state index contributed by atoms with van der Waals surface area (Å²) in [6.45, 7) is 7.79. The highest BCUT2D eigenvalue weighted by Gasteiger charge is 2.03. The molecule has 0 unspecified atom stereocenters. The van der Waals surface area contributed by atoms with Gasteiger partial charge in [-0.25, -0.2) is 4.98 Å². The van der Waals surface area contributed by atoms with E-state index >= 15 is 0 Å². The zero-order valence-electron chi connectivity index (χ0n) is 11.3. The van der Waals surface area contributed by atoms with Crippen LogP contribution in [0.25, 0.3) is 10.9 Å². The number of fused-ring (bicyclic) bond motifs is 1. The number of hydrogen-bond donors (Lipinski definition) is 1. The maximum absolute atomic E-state index is 11.6. The largest absolute Gasteiger partial charge is 0.492 e. The predicted octanol–water partition coefficient (Wildman–Crippen LogP) is 1.64. The summed E-state index contributed by atoms with van der Waals surface area (Å²) in [5.41, 5.74) is 0.541. The number of hydrogen-bond acceptors (Lipinski definition) is 4. The Morgan fingerprint density at radius 3 is 2.84 bits per heavy atom. The molecular formula is C14H19N3O2. The molecule has 0 aliphatic rings. The molecule has 2 rings (SSSR count). The van der Waals surface area contributed by atoms with Gasteiger partial charge in [0, 0.05) is 6.54 Å². The minimum atomic E-state index is -0.140. The number of benzene rings is 1. The second-order valence-electron chi connectivity index (χ2n) is 4.29. The monoisotopic (exact) mass is 261 g/mol. The van der Waals surface area contributed by atoms with Gasteiger partial charge >= 0.3 is 0 Å². The smallest absolute Gasteiger partial charge is 0.258 e. The van der Waals surface area contributed by atoms with Crippen LogP contribution in [0.15, 0.2) is 29.3 Å². The normalized spacial score (nSPS) is 11.1. The number of rotatable bonds is 6. The topological polar surface area (TPSA) is 58.2 Å². The summed E-state index contributed by atoms with van der Waals surface area (Å²) < 4.78 is 5.68. The molecule has 0 atom stereocenters. The Labute approximate surface area is 112 Å². The van der Waals surface area contributed by atoms with Crippen molar-refractivity contribution in [1.82, 2.24) is 14.9 Å². The fourth-order valence-electron chi connectivity index (χ4n) is 1.97. The molecule has 0 fully saturated rings. The van der Waals surface area contributed by atoms with Crippen LogP contribution in [0.2, 0.25) is 0 Å². The van der Waals surface area contributed by atoms with Crippen LogP contribution in [0.3, 0.4) is 0 Å². The van der Waals surface area contributed by atoms with Crippen LogP contribution in [0, 0.1) is 0 Å². The van der Waals surface area contributed by atoms with Gasteiger partial charge in [-0.2, -0.15) is 0 Å². The van der Waals surface area contributed by atoms with Gasteiger partial charge in [0.25, 0.3) is 5.56 Å². The Morgan fingerprint density at radius 2 is 2.11 bits per heavy atom. The Hall–Kier alpha value is -1.88. The van der Waals surface area contributed by atoms with E-state index in [9.17, 15) is 4.79 Å². The quantitative estimate of drug-likeness (QED) is 0.859. The van der Waals surface area contributed by atoms with Crippen LogP contribution in [0.1, 0.15) is 13.8 Å². The molecular weight excluding hydrogens is 242 g/mol. The van der Waals surface area contributed by atoms with E-state index in [-0.39, 0.29) is 5.56 Å². The van der Waals surface area contributed by atoms with Crippen molar-refractivity contribution < 1.29 is 4.74 Å². The molecule has 1 N–H and O–H groups in total. The molecule has 5 nitrogen and oxygen atoms in total. The number of H-pyrrole nitrogens is 1. The molecule has 0 radical (unpaired) electrons. The molecule has 19 heavy (non-hydrogen) atoms. The highest BCUT2D eigenvalue weighted by Crippen LogP contribution is 2.15. The highest BCUT2D eigenvalue weighted by molar-refractivity contribution is 5.78. The van der Waals surface area contributed by atoms with Crippen LogP contribution in [0.4, 0.5) is 0 Å². The average molecular weight is 261 g/mol. The van der Waals surface area contributed by atoms with Gasteiger partial charge in [0.1, 0.15) is 12.4 Å². The molecule has 1 aromatic heterocycles. The Morgan fingerprint density at radius 1 is 1.32 bits per heavy atom. The van der Waals surface area contributed by atoms with E-state index in [4.69, 9.17) is 4.74 Å². The van der Waals surface area contributed by atoms with Crippen molar-refractivity contribution in [3.63, 3.8) is 0 Å². The molecule has 0 bridgehead atoms. The second kappa shape index (κ2) is 6.33. The lowest BCUT2D eigenvalue weighted by molar-refractivity contribution is 0.223. The molecule has 0 aliphatic carbocycles. The molecule has 0 amide bonds. The molecule has 2 aromatic rings. The SMILES string of the molecule is CCN(CC)CCOc1ccc2nc[nH]c(=O)c2c1. The number of ether oxygens (including phenoxy) is 1. The van der Waals surface area contributed by atoms with Crippen molar-refractivity contribution in [2.24, 2.45) is 0 Å². The van der Waals surface area contributed by atoms with E-state index in [0.29, 0.717) is 23.3 Å². The van der Waals surface area contributed by atoms with E-state index in [1.807, 2.05) is 6.07 Å². The fourth-order valence-corrected chi connectivity index (χ4v) is 1.97. The van der Waals surface area contributed by atoms with Gasteiger partial charge in [-0.3, -0.25) is 4.79 Å². The van der Waals surface area contributed by atoms with Gasteiger partial charge in [-0.05, 0) is 31.3 Å². The molecule has 102 valence electrons. The van der Waals surface area contributed by atoms with Gasteiger partial charge < -0.3 is 14.6 Å². The summed E-state index contributed by atoms with van der Waals surface area (Å²) in [7, 11) is 0. The van der Waals surface area contributed by atoms with Crippen LogP contribution < -0.4 is 10.3 Å². The second-order valence-corrected chi connectivity index (χ2v) is 4.29. The third-order valence-corrected chi connectivity index (χ3v) is 3.18. The van der Waals surface area contributed by atoms with Crippen molar-refractivity contribution in [2.45, 2.75) is 13.8 Å². The van der Waals surface area contributed by atoms with E-state index in [0.717, 1.165) is 19.6 Å². The summed E-state index contributed by atoms with van der Waals surface area (Å²) in [4.78, 5) is 20.6. The van der Waals surface area contributed by atoms with Gasteiger partial charge in [0.05, 0.1) is 17.2 Å². The van der Waals surface area contributed by atoms with E-state index in [2.05, 4.69) is 28.7 Å². The molecule has 0 aliphatic heterocycles. The van der Waals surface area contributed by atoms with Gasteiger partial charge in [-0.15, -0.1) is 0 Å². The lowest BCUT2D eigenvalue weighted by atomic mass is 10.2. The van der Waals surface area contributed by atoms with Crippen molar-refractivity contribution in [1.29, 1.82) is 0 Å². The number of likely N-dealkylation sites (N-methyl/N-ethyl adjacent to an activating group) is 1. The van der Waals surface area contributed by atoms with Crippen LogP contribution in [0.5, 0.6) is 5.75 Å². The molecule has 0 saturated carbocycles. The van der Waals surface area contributed by atoms with Crippen molar-refractivity contribution in [3.8, 4) is 5.75 Å². The molecule has 1 aromatic carbocycles. The molecule has 0 saturated heterocycles. The van der Waals surface area contributed by atoms with Crippen LogP contribution in [-0.4, -0.2) is 41.1 Å². The van der Waals surface area contributed by atoms with Crippen molar-refractivity contribution in [2.75, 3.05) is 26.2 Å². The fraction of sp³-hybridized carbons (Fsp3) is 0.429. The summed E-state index contributed by atoms with van der Waals surface area (Å²) in [5, 5.41) is 0.558. The zero-order valence-corrected chi connectivity index (χ0v) is 11.3. The molecule has 5 heteroatoms. The highest BCUT2D eigenvalue weighted by atomic mass is 16.5. The first-order chi connectivity index (χ1) is 9.24. The Balaban J connectivity index is 2.05. The lowest BCUT2D eigenvalue weighted by Crippen LogP contribution is -2.27. The first kappa shape index (κ1) is 13.5. The standard InChI is InChI=1S/C14H19N3O2/c1-3-17(4-2)7-8-19-11-5-6-13-12(9-11)14(18)16-10-15-13/h5-6,9-10H,3-4,7-8H2,1-2H3,(H,15,16,18). The molecule has 0 spiro atoms. The van der Waals surface area contributed by atoms with Crippen molar-refractivity contribution >= 4 is 10.9 Å². The predicted molar refractivity (Wildman–Crippen MR) is 75.6 cm³/mol. The number of aromatic amines is 1. The zero-order chi connectivity index (χ0) is 13.7. The Kier molecular flexibility index (Phi) is 4.52. The summed E-state index contributed by atoms with van der Waals surface area (Å²) >= 11 is 0.